The molecule has 1 atom stereocenters. The Morgan fingerprint density at radius 2 is 1.91 bits per heavy atom. The molecule has 4 rings (SSSR count). The van der Waals surface area contributed by atoms with E-state index in [0.717, 1.165) is 24.1 Å². The van der Waals surface area contributed by atoms with Crippen LogP contribution in [0.25, 0.3) is 10.9 Å². The summed E-state index contributed by atoms with van der Waals surface area (Å²) < 4.78 is 32.5. The predicted octanol–water partition coefficient (Wildman–Crippen LogP) is 3.60. The SMILES string of the molecule is CC(C)S(=O)(=O)Nc1cc(C(O)CNCCOc2ccc3c4c([nH]c3c2)CCCC4)ccc1O. The van der Waals surface area contributed by atoms with Gasteiger partial charge in [-0.3, -0.25) is 4.72 Å². The largest absolute Gasteiger partial charge is 0.506 e. The fourth-order valence-corrected chi connectivity index (χ4v) is 4.90. The van der Waals surface area contributed by atoms with E-state index in [1.54, 1.807) is 19.9 Å². The topological polar surface area (TPSA) is 124 Å². The number of sulfonamides is 1. The summed E-state index contributed by atoms with van der Waals surface area (Å²) in [6.45, 7) is 4.32. The number of H-pyrrole nitrogens is 1. The highest BCUT2D eigenvalue weighted by Gasteiger charge is 2.19. The third-order valence-corrected chi connectivity index (χ3v) is 7.98. The van der Waals surface area contributed by atoms with Gasteiger partial charge in [0.25, 0.3) is 0 Å². The molecule has 0 spiro atoms. The second-order valence-corrected chi connectivity index (χ2v) is 11.3. The molecule has 0 bridgehead atoms. The second-order valence-electron chi connectivity index (χ2n) is 9.04. The molecule has 0 fully saturated rings. The standard InChI is InChI=1S/C25H33N3O5S/c1-16(2)34(31,32)28-23-13-17(7-10-24(23)29)25(30)15-26-11-12-33-18-8-9-20-19-5-3-4-6-21(19)27-22(20)14-18/h7-10,13-14,16,25-30H,3-6,11-12,15H2,1-2H3. The van der Waals surface area contributed by atoms with Crippen LogP contribution < -0.4 is 14.8 Å². The molecule has 5 N–H and O–H groups in total. The van der Waals surface area contributed by atoms with Gasteiger partial charge in [0.2, 0.25) is 10.0 Å². The van der Waals surface area contributed by atoms with E-state index in [-0.39, 0.29) is 18.0 Å². The van der Waals surface area contributed by atoms with Crippen LogP contribution in [0.2, 0.25) is 0 Å². The summed E-state index contributed by atoms with van der Waals surface area (Å²) >= 11 is 0. The van der Waals surface area contributed by atoms with Gasteiger partial charge in [0.15, 0.2) is 0 Å². The number of fused-ring (bicyclic) bond motifs is 3. The molecule has 3 aromatic rings. The first-order chi connectivity index (χ1) is 16.2. The molecule has 184 valence electrons. The first-order valence-electron chi connectivity index (χ1n) is 11.7. The van der Waals surface area contributed by atoms with Gasteiger partial charge >= 0.3 is 0 Å². The first-order valence-corrected chi connectivity index (χ1v) is 13.3. The summed E-state index contributed by atoms with van der Waals surface area (Å²) in [6.07, 6.45) is 3.85. The highest BCUT2D eigenvalue weighted by molar-refractivity contribution is 7.93. The molecule has 0 radical (unpaired) electrons. The van der Waals surface area contributed by atoms with Crippen LogP contribution in [0, 0.1) is 0 Å². The third-order valence-electron chi connectivity index (χ3n) is 6.23. The molecule has 0 saturated heterocycles. The van der Waals surface area contributed by atoms with E-state index in [0.29, 0.717) is 18.7 Å². The van der Waals surface area contributed by atoms with Gasteiger partial charge in [0.1, 0.15) is 18.1 Å². The van der Waals surface area contributed by atoms with Crippen LogP contribution in [0.1, 0.15) is 49.6 Å². The van der Waals surface area contributed by atoms with Crippen molar-refractivity contribution in [3.63, 3.8) is 0 Å². The van der Waals surface area contributed by atoms with Crippen LogP contribution in [-0.4, -0.2) is 48.6 Å². The highest BCUT2D eigenvalue weighted by atomic mass is 32.2. The number of anilines is 1. The number of hydrogen-bond donors (Lipinski definition) is 5. The Morgan fingerprint density at radius 1 is 1.12 bits per heavy atom. The molecule has 1 heterocycles. The highest BCUT2D eigenvalue weighted by Crippen LogP contribution is 2.31. The maximum Gasteiger partial charge on any atom is 0.235 e. The van der Waals surface area contributed by atoms with Crippen molar-refractivity contribution in [3.05, 3.63) is 53.2 Å². The summed E-state index contributed by atoms with van der Waals surface area (Å²) in [6, 6.07) is 10.5. The van der Waals surface area contributed by atoms with Crippen molar-refractivity contribution in [2.45, 2.75) is 50.9 Å². The van der Waals surface area contributed by atoms with Crippen molar-refractivity contribution in [3.8, 4) is 11.5 Å². The number of nitrogens with one attached hydrogen (secondary N) is 3. The number of aromatic amines is 1. The summed E-state index contributed by atoms with van der Waals surface area (Å²) in [5.41, 5.74) is 4.45. The van der Waals surface area contributed by atoms with E-state index in [9.17, 15) is 18.6 Å². The Kier molecular flexibility index (Phi) is 7.35. The smallest absolute Gasteiger partial charge is 0.235 e. The zero-order valence-corrected chi connectivity index (χ0v) is 20.4. The van der Waals surface area contributed by atoms with Crippen LogP contribution in [0.5, 0.6) is 11.5 Å². The molecule has 1 aliphatic carbocycles. The minimum absolute atomic E-state index is 0.0509. The molecule has 2 aromatic carbocycles. The van der Waals surface area contributed by atoms with Gasteiger partial charge in [-0.05, 0) is 74.9 Å². The van der Waals surface area contributed by atoms with Gasteiger partial charge in [-0.15, -0.1) is 0 Å². The molecule has 9 heteroatoms. The normalized spacial score (nSPS) is 14.8. The monoisotopic (exact) mass is 487 g/mol. The molecular weight excluding hydrogens is 454 g/mol. The van der Waals surface area contributed by atoms with Crippen LogP contribution in [0.4, 0.5) is 5.69 Å². The van der Waals surface area contributed by atoms with E-state index in [2.05, 4.69) is 21.1 Å². The van der Waals surface area contributed by atoms with E-state index in [1.807, 2.05) is 12.1 Å². The lowest BCUT2D eigenvalue weighted by molar-refractivity contribution is 0.172. The predicted molar refractivity (Wildman–Crippen MR) is 134 cm³/mol. The minimum atomic E-state index is -3.61. The molecule has 0 saturated carbocycles. The number of aromatic nitrogens is 1. The zero-order chi connectivity index (χ0) is 24.3. The summed E-state index contributed by atoms with van der Waals surface area (Å²) in [5.74, 6) is 0.607. The van der Waals surface area contributed by atoms with Crippen molar-refractivity contribution < 1.29 is 23.4 Å². The van der Waals surface area contributed by atoms with Crippen molar-refractivity contribution in [1.82, 2.24) is 10.3 Å². The lowest BCUT2D eigenvalue weighted by atomic mass is 9.96. The molecule has 0 amide bonds. The fourth-order valence-electron chi connectivity index (χ4n) is 4.19. The summed E-state index contributed by atoms with van der Waals surface area (Å²) in [5, 5.41) is 24.3. The quantitative estimate of drug-likeness (QED) is 0.220. The van der Waals surface area contributed by atoms with Crippen LogP contribution in [0.3, 0.4) is 0 Å². The van der Waals surface area contributed by atoms with Crippen molar-refractivity contribution in [1.29, 1.82) is 0 Å². The van der Waals surface area contributed by atoms with Crippen molar-refractivity contribution in [2.24, 2.45) is 0 Å². The van der Waals surface area contributed by atoms with Gasteiger partial charge in [0, 0.05) is 35.8 Å². The maximum atomic E-state index is 12.1. The first kappa shape index (κ1) is 24.4. The Hall–Kier alpha value is -2.75. The van der Waals surface area contributed by atoms with Gasteiger partial charge < -0.3 is 25.3 Å². The van der Waals surface area contributed by atoms with Gasteiger partial charge in [-0.25, -0.2) is 8.42 Å². The number of aromatic hydroxyl groups is 1. The molecule has 8 nitrogen and oxygen atoms in total. The number of aryl methyl sites for hydroxylation is 2. The molecular formula is C25H33N3O5S. The maximum absolute atomic E-state index is 12.1. The molecule has 34 heavy (non-hydrogen) atoms. The summed E-state index contributed by atoms with van der Waals surface area (Å²) in [4.78, 5) is 3.53. The minimum Gasteiger partial charge on any atom is -0.506 e. The Morgan fingerprint density at radius 3 is 2.71 bits per heavy atom. The zero-order valence-electron chi connectivity index (χ0n) is 19.6. The number of benzene rings is 2. The van der Waals surface area contributed by atoms with Crippen LogP contribution in [0.15, 0.2) is 36.4 Å². The van der Waals surface area contributed by atoms with E-state index in [1.165, 1.54) is 41.6 Å². The number of aliphatic hydroxyl groups is 1. The molecule has 1 unspecified atom stereocenters. The lowest BCUT2D eigenvalue weighted by Crippen LogP contribution is -2.26. The molecule has 0 aliphatic heterocycles. The second kappa shape index (κ2) is 10.2. The molecule has 1 aliphatic rings. The Bertz CT molecular complexity index is 1250. The average molecular weight is 488 g/mol. The van der Waals surface area contributed by atoms with Gasteiger partial charge in [0.05, 0.1) is 17.0 Å². The summed E-state index contributed by atoms with van der Waals surface area (Å²) in [7, 11) is -3.61. The number of phenols is 1. The van der Waals surface area contributed by atoms with Crippen molar-refractivity contribution in [2.75, 3.05) is 24.4 Å². The van der Waals surface area contributed by atoms with Gasteiger partial charge in [-0.1, -0.05) is 6.07 Å². The number of aliphatic hydroxyl groups excluding tert-OH is 1. The van der Waals surface area contributed by atoms with Gasteiger partial charge in [-0.2, -0.15) is 0 Å². The average Bonchev–Trinajstić information content (AvgIpc) is 3.17. The number of ether oxygens (including phenoxy) is 1. The fraction of sp³-hybridized carbons (Fsp3) is 0.440. The van der Waals surface area contributed by atoms with Crippen LogP contribution in [-0.2, 0) is 22.9 Å². The number of rotatable bonds is 10. The lowest BCUT2D eigenvalue weighted by Gasteiger charge is -2.16. The van der Waals surface area contributed by atoms with Crippen LogP contribution >= 0.6 is 0 Å². The Labute approximate surface area is 200 Å². The molecule has 1 aromatic heterocycles. The van der Waals surface area contributed by atoms with E-state index < -0.39 is 21.4 Å². The Balaban J connectivity index is 1.27. The van der Waals surface area contributed by atoms with Crippen molar-refractivity contribution >= 4 is 26.6 Å². The number of hydrogen-bond acceptors (Lipinski definition) is 6. The van der Waals surface area contributed by atoms with E-state index >= 15 is 0 Å². The van der Waals surface area contributed by atoms with E-state index in [4.69, 9.17) is 4.74 Å². The third kappa shape index (κ3) is 5.48. The number of phenolic OH excluding ortho intramolecular Hbond substituents is 1.